The van der Waals surface area contributed by atoms with Crippen molar-refractivity contribution in [3.8, 4) is 11.5 Å². The molecule has 0 amide bonds. The maximum absolute atomic E-state index is 11.6. The molecule has 3 aromatic carbocycles. The third-order valence-electron chi connectivity index (χ3n) is 3.86. The fourth-order valence-corrected chi connectivity index (χ4v) is 2.84. The minimum atomic E-state index is -0.314. The van der Waals surface area contributed by atoms with Crippen LogP contribution in [0, 0.1) is 0 Å². The van der Waals surface area contributed by atoms with Gasteiger partial charge in [-0.15, -0.1) is 0 Å². The molecule has 0 radical (unpaired) electrons. The van der Waals surface area contributed by atoms with Crippen LogP contribution in [-0.4, -0.2) is 12.6 Å². The Balaban J connectivity index is 2.07. The number of para-hydroxylation sites is 1. The first-order valence-corrected chi connectivity index (χ1v) is 8.08. The Kier molecular flexibility index (Phi) is 4.80. The molecule has 24 heavy (non-hydrogen) atoms. The maximum atomic E-state index is 11.6. The lowest BCUT2D eigenvalue weighted by Crippen LogP contribution is -2.06. The zero-order valence-corrected chi connectivity index (χ0v) is 13.9. The molecule has 0 aromatic heterocycles. The molecule has 3 aromatic rings. The first kappa shape index (κ1) is 16.1. The van der Waals surface area contributed by atoms with Crippen LogP contribution in [0.15, 0.2) is 60.7 Å². The van der Waals surface area contributed by atoms with Gasteiger partial charge >= 0.3 is 5.97 Å². The SMILES string of the molecule is CCOc1ccccc1Cc1ccc2ccccc2c1OC(C)=O. The average Bonchev–Trinajstić information content (AvgIpc) is 2.58. The van der Waals surface area contributed by atoms with Crippen LogP contribution in [0.3, 0.4) is 0 Å². The molecule has 0 saturated heterocycles. The Bertz CT molecular complexity index is 868. The first-order valence-electron chi connectivity index (χ1n) is 8.08. The largest absolute Gasteiger partial charge is 0.494 e. The van der Waals surface area contributed by atoms with E-state index in [1.165, 1.54) is 6.92 Å². The first-order chi connectivity index (χ1) is 11.7. The van der Waals surface area contributed by atoms with Gasteiger partial charge in [0, 0.05) is 24.3 Å². The highest BCUT2D eigenvalue weighted by Gasteiger charge is 2.13. The third-order valence-corrected chi connectivity index (χ3v) is 3.86. The van der Waals surface area contributed by atoms with Crippen molar-refractivity contribution in [1.82, 2.24) is 0 Å². The van der Waals surface area contributed by atoms with Gasteiger partial charge < -0.3 is 9.47 Å². The Morgan fingerprint density at radius 1 is 0.917 bits per heavy atom. The molecular weight excluding hydrogens is 300 g/mol. The lowest BCUT2D eigenvalue weighted by atomic mass is 9.99. The van der Waals surface area contributed by atoms with Crippen LogP contribution in [0.5, 0.6) is 11.5 Å². The van der Waals surface area contributed by atoms with Crippen molar-refractivity contribution in [3.05, 3.63) is 71.8 Å². The summed E-state index contributed by atoms with van der Waals surface area (Å²) in [6.45, 7) is 4.02. The summed E-state index contributed by atoms with van der Waals surface area (Å²) >= 11 is 0. The Morgan fingerprint density at radius 3 is 2.46 bits per heavy atom. The summed E-state index contributed by atoms with van der Waals surface area (Å²) < 4.78 is 11.3. The smallest absolute Gasteiger partial charge is 0.308 e. The number of hydrogen-bond donors (Lipinski definition) is 0. The van der Waals surface area contributed by atoms with E-state index in [4.69, 9.17) is 9.47 Å². The molecule has 3 rings (SSSR count). The second-order valence-electron chi connectivity index (χ2n) is 5.59. The summed E-state index contributed by atoms with van der Waals surface area (Å²) in [4.78, 5) is 11.6. The van der Waals surface area contributed by atoms with E-state index >= 15 is 0 Å². The zero-order valence-electron chi connectivity index (χ0n) is 13.9. The van der Waals surface area contributed by atoms with Crippen LogP contribution in [0.4, 0.5) is 0 Å². The molecule has 3 nitrogen and oxygen atoms in total. The summed E-state index contributed by atoms with van der Waals surface area (Å²) in [6, 6.07) is 19.9. The number of hydrogen-bond acceptors (Lipinski definition) is 3. The molecule has 0 aliphatic rings. The maximum Gasteiger partial charge on any atom is 0.308 e. The predicted octanol–water partition coefficient (Wildman–Crippen LogP) is 4.75. The van der Waals surface area contributed by atoms with Crippen LogP contribution in [0.1, 0.15) is 25.0 Å². The Labute approximate surface area is 141 Å². The fourth-order valence-electron chi connectivity index (χ4n) is 2.84. The van der Waals surface area contributed by atoms with Crippen LogP contribution < -0.4 is 9.47 Å². The lowest BCUT2D eigenvalue weighted by molar-refractivity contribution is -0.131. The summed E-state index contributed by atoms with van der Waals surface area (Å²) in [6.07, 6.45) is 0.642. The molecule has 0 heterocycles. The number of rotatable bonds is 5. The van der Waals surface area contributed by atoms with E-state index in [-0.39, 0.29) is 5.97 Å². The Hall–Kier alpha value is -2.81. The van der Waals surface area contributed by atoms with Crippen LogP contribution in [-0.2, 0) is 11.2 Å². The highest BCUT2D eigenvalue weighted by molar-refractivity contribution is 5.91. The van der Waals surface area contributed by atoms with E-state index in [9.17, 15) is 4.79 Å². The van der Waals surface area contributed by atoms with Crippen molar-refractivity contribution in [2.75, 3.05) is 6.61 Å². The topological polar surface area (TPSA) is 35.5 Å². The standard InChI is InChI=1S/C21H20O3/c1-3-23-20-11-7-5-9-17(20)14-18-13-12-16-8-4-6-10-19(16)21(18)24-15(2)22/h4-13H,3,14H2,1-2H3. The second-order valence-corrected chi connectivity index (χ2v) is 5.59. The van der Waals surface area contributed by atoms with Crippen molar-refractivity contribution in [2.24, 2.45) is 0 Å². The molecule has 0 fully saturated rings. The van der Waals surface area contributed by atoms with Gasteiger partial charge in [-0.3, -0.25) is 4.79 Å². The summed E-state index contributed by atoms with van der Waals surface area (Å²) in [5, 5.41) is 2.00. The van der Waals surface area contributed by atoms with Crippen LogP contribution in [0.2, 0.25) is 0 Å². The molecule has 0 N–H and O–H groups in total. The fraction of sp³-hybridized carbons (Fsp3) is 0.190. The third kappa shape index (κ3) is 3.40. The van der Waals surface area contributed by atoms with Gasteiger partial charge in [0.2, 0.25) is 0 Å². The highest BCUT2D eigenvalue weighted by atomic mass is 16.5. The minimum Gasteiger partial charge on any atom is -0.494 e. The molecule has 0 atom stereocenters. The summed E-state index contributed by atoms with van der Waals surface area (Å²) in [5.74, 6) is 1.18. The van der Waals surface area contributed by atoms with Gasteiger partial charge in [-0.25, -0.2) is 0 Å². The lowest BCUT2D eigenvalue weighted by Gasteiger charge is -2.14. The van der Waals surface area contributed by atoms with Gasteiger partial charge in [0.05, 0.1) is 6.61 Å². The predicted molar refractivity (Wildman–Crippen MR) is 95.7 cm³/mol. The van der Waals surface area contributed by atoms with Gasteiger partial charge in [-0.05, 0) is 23.9 Å². The number of fused-ring (bicyclic) bond motifs is 1. The monoisotopic (exact) mass is 320 g/mol. The minimum absolute atomic E-state index is 0.314. The summed E-state index contributed by atoms with van der Waals surface area (Å²) in [5.41, 5.74) is 2.04. The highest BCUT2D eigenvalue weighted by Crippen LogP contribution is 2.33. The van der Waals surface area contributed by atoms with Crippen LogP contribution in [0.25, 0.3) is 10.8 Å². The average molecular weight is 320 g/mol. The second kappa shape index (κ2) is 7.18. The molecule has 0 bridgehead atoms. The van der Waals surface area contributed by atoms with Gasteiger partial charge in [-0.2, -0.15) is 0 Å². The summed E-state index contributed by atoms with van der Waals surface area (Å²) in [7, 11) is 0. The van der Waals surface area contributed by atoms with E-state index in [0.717, 1.165) is 27.6 Å². The van der Waals surface area contributed by atoms with Gasteiger partial charge in [0.15, 0.2) is 0 Å². The van der Waals surface area contributed by atoms with E-state index in [0.29, 0.717) is 18.8 Å². The van der Waals surface area contributed by atoms with E-state index < -0.39 is 0 Å². The van der Waals surface area contributed by atoms with E-state index in [1.54, 1.807) is 0 Å². The van der Waals surface area contributed by atoms with Gasteiger partial charge in [-0.1, -0.05) is 54.6 Å². The molecule has 3 heteroatoms. The van der Waals surface area contributed by atoms with E-state index in [2.05, 4.69) is 6.07 Å². The molecule has 0 saturated carbocycles. The molecular formula is C21H20O3. The normalized spacial score (nSPS) is 10.6. The number of benzene rings is 3. The molecule has 0 aliphatic carbocycles. The Morgan fingerprint density at radius 2 is 1.67 bits per heavy atom. The van der Waals surface area contributed by atoms with Crippen molar-refractivity contribution in [1.29, 1.82) is 0 Å². The van der Waals surface area contributed by atoms with Crippen molar-refractivity contribution >= 4 is 16.7 Å². The molecule has 0 unspecified atom stereocenters. The number of ether oxygens (including phenoxy) is 2. The van der Waals surface area contributed by atoms with Crippen molar-refractivity contribution in [3.63, 3.8) is 0 Å². The molecule has 0 spiro atoms. The van der Waals surface area contributed by atoms with Crippen molar-refractivity contribution < 1.29 is 14.3 Å². The van der Waals surface area contributed by atoms with Crippen LogP contribution >= 0.6 is 0 Å². The quantitative estimate of drug-likeness (QED) is 0.502. The zero-order chi connectivity index (χ0) is 16.9. The van der Waals surface area contributed by atoms with Crippen molar-refractivity contribution in [2.45, 2.75) is 20.3 Å². The number of esters is 1. The van der Waals surface area contributed by atoms with Gasteiger partial charge in [0.25, 0.3) is 0 Å². The number of carbonyl (C=O) groups is 1. The number of carbonyl (C=O) groups excluding carboxylic acids is 1. The van der Waals surface area contributed by atoms with E-state index in [1.807, 2.05) is 61.5 Å². The molecule has 0 aliphatic heterocycles. The van der Waals surface area contributed by atoms with Gasteiger partial charge in [0.1, 0.15) is 11.5 Å². The molecule has 122 valence electrons.